The third-order valence-corrected chi connectivity index (χ3v) is 4.45. The van der Waals surface area contributed by atoms with E-state index in [4.69, 9.17) is 4.52 Å². The van der Waals surface area contributed by atoms with Gasteiger partial charge in [0.25, 0.3) is 5.91 Å². The zero-order valence-electron chi connectivity index (χ0n) is 14.2. The normalized spacial score (nSPS) is 10.8. The van der Waals surface area contributed by atoms with Crippen molar-refractivity contribution in [3.63, 3.8) is 0 Å². The lowest BCUT2D eigenvalue weighted by Crippen LogP contribution is -2.13. The van der Waals surface area contributed by atoms with E-state index in [2.05, 4.69) is 20.2 Å². The molecule has 140 valence electrons. The van der Waals surface area contributed by atoms with Crippen molar-refractivity contribution >= 4 is 23.4 Å². The molecule has 1 heterocycles. The van der Waals surface area contributed by atoms with Crippen LogP contribution in [0.3, 0.4) is 0 Å². The minimum absolute atomic E-state index is 0.0220. The third-order valence-electron chi connectivity index (χ3n) is 3.39. The van der Waals surface area contributed by atoms with Gasteiger partial charge in [0.1, 0.15) is 5.75 Å². The number of aromatic nitrogens is 2. The molecule has 3 aromatic rings. The summed E-state index contributed by atoms with van der Waals surface area (Å²) < 4.78 is 33.7. The SMILES string of the molecule is Cc1noc(CSc2ccccc2C(=O)Nc2ccc(OC(F)F)cc2)n1. The number of benzene rings is 2. The molecular formula is C18H15F2N3O3S. The van der Waals surface area contributed by atoms with E-state index in [1.807, 2.05) is 12.1 Å². The summed E-state index contributed by atoms with van der Waals surface area (Å²) in [7, 11) is 0. The number of nitrogens with one attached hydrogen (secondary N) is 1. The van der Waals surface area contributed by atoms with Crippen LogP contribution in [0.15, 0.2) is 57.9 Å². The van der Waals surface area contributed by atoms with Crippen molar-refractivity contribution in [2.24, 2.45) is 0 Å². The Hall–Kier alpha value is -2.94. The molecule has 9 heteroatoms. The molecule has 0 aliphatic rings. The predicted octanol–water partition coefficient (Wildman–Crippen LogP) is 4.52. The first kappa shape index (κ1) is 18.8. The predicted molar refractivity (Wildman–Crippen MR) is 96.1 cm³/mol. The molecule has 1 N–H and O–H groups in total. The van der Waals surface area contributed by atoms with E-state index in [-0.39, 0.29) is 11.7 Å². The van der Waals surface area contributed by atoms with Crippen LogP contribution in [0.4, 0.5) is 14.5 Å². The smallest absolute Gasteiger partial charge is 0.387 e. The maximum Gasteiger partial charge on any atom is 0.387 e. The summed E-state index contributed by atoms with van der Waals surface area (Å²) in [4.78, 5) is 17.5. The van der Waals surface area contributed by atoms with Crippen molar-refractivity contribution in [3.8, 4) is 5.75 Å². The van der Waals surface area contributed by atoms with E-state index in [0.29, 0.717) is 28.7 Å². The lowest BCUT2D eigenvalue weighted by Gasteiger charge is -2.10. The Morgan fingerprint density at radius 3 is 2.63 bits per heavy atom. The molecule has 0 aliphatic heterocycles. The molecule has 1 amide bonds. The van der Waals surface area contributed by atoms with Crippen molar-refractivity contribution in [3.05, 3.63) is 65.8 Å². The molecule has 0 bridgehead atoms. The van der Waals surface area contributed by atoms with Gasteiger partial charge < -0.3 is 14.6 Å². The Morgan fingerprint density at radius 2 is 1.96 bits per heavy atom. The maximum absolute atomic E-state index is 12.6. The lowest BCUT2D eigenvalue weighted by atomic mass is 10.2. The summed E-state index contributed by atoms with van der Waals surface area (Å²) in [5, 5.41) is 6.47. The van der Waals surface area contributed by atoms with Crippen molar-refractivity contribution < 1.29 is 22.8 Å². The van der Waals surface area contributed by atoms with E-state index in [1.165, 1.54) is 36.0 Å². The fourth-order valence-electron chi connectivity index (χ4n) is 2.24. The Labute approximate surface area is 157 Å². The number of hydrogen-bond acceptors (Lipinski definition) is 6. The highest BCUT2D eigenvalue weighted by Gasteiger charge is 2.13. The summed E-state index contributed by atoms with van der Waals surface area (Å²) in [5.74, 6) is 1.17. The molecule has 0 spiro atoms. The summed E-state index contributed by atoms with van der Waals surface area (Å²) in [6.45, 7) is -1.16. The van der Waals surface area contributed by atoms with Gasteiger partial charge >= 0.3 is 6.61 Å². The molecular weight excluding hydrogens is 376 g/mol. The van der Waals surface area contributed by atoms with Gasteiger partial charge in [0.05, 0.1) is 11.3 Å². The van der Waals surface area contributed by atoms with Gasteiger partial charge in [-0.25, -0.2) is 0 Å². The third kappa shape index (κ3) is 5.27. The highest BCUT2D eigenvalue weighted by molar-refractivity contribution is 7.98. The molecule has 0 fully saturated rings. The van der Waals surface area contributed by atoms with Crippen LogP contribution >= 0.6 is 11.8 Å². The zero-order valence-corrected chi connectivity index (χ0v) is 15.0. The Morgan fingerprint density at radius 1 is 1.22 bits per heavy atom. The maximum atomic E-state index is 12.6. The van der Waals surface area contributed by atoms with E-state index in [9.17, 15) is 13.6 Å². The van der Waals surface area contributed by atoms with Crippen molar-refractivity contribution in [1.82, 2.24) is 10.1 Å². The molecule has 0 atom stereocenters. The molecule has 0 aliphatic carbocycles. The lowest BCUT2D eigenvalue weighted by molar-refractivity contribution is -0.0498. The monoisotopic (exact) mass is 391 g/mol. The summed E-state index contributed by atoms with van der Waals surface area (Å²) in [5.41, 5.74) is 0.945. The number of aryl methyl sites for hydroxylation is 1. The van der Waals surface area contributed by atoms with Crippen LogP contribution < -0.4 is 10.1 Å². The minimum atomic E-state index is -2.89. The minimum Gasteiger partial charge on any atom is -0.435 e. The van der Waals surface area contributed by atoms with Gasteiger partial charge in [-0.3, -0.25) is 4.79 Å². The van der Waals surface area contributed by atoms with E-state index < -0.39 is 6.61 Å². The van der Waals surface area contributed by atoms with Crippen LogP contribution in [0.25, 0.3) is 0 Å². The van der Waals surface area contributed by atoms with Crippen molar-refractivity contribution in [2.75, 3.05) is 5.32 Å². The number of thioether (sulfide) groups is 1. The first-order chi connectivity index (χ1) is 13.0. The Kier molecular flexibility index (Phi) is 6.02. The number of alkyl halides is 2. The molecule has 3 rings (SSSR count). The molecule has 6 nitrogen and oxygen atoms in total. The van der Waals surface area contributed by atoms with Gasteiger partial charge in [0.2, 0.25) is 5.89 Å². The average Bonchev–Trinajstić information content (AvgIpc) is 3.07. The van der Waals surface area contributed by atoms with Gasteiger partial charge in [0.15, 0.2) is 5.82 Å². The molecule has 2 aromatic carbocycles. The number of amides is 1. The van der Waals surface area contributed by atoms with Crippen LogP contribution in [-0.2, 0) is 5.75 Å². The fraction of sp³-hybridized carbons (Fsp3) is 0.167. The van der Waals surface area contributed by atoms with Gasteiger partial charge in [-0.2, -0.15) is 13.8 Å². The number of rotatable bonds is 7. The first-order valence-corrected chi connectivity index (χ1v) is 8.87. The quantitative estimate of drug-likeness (QED) is 0.597. The van der Waals surface area contributed by atoms with Crippen LogP contribution in [0.5, 0.6) is 5.75 Å². The summed E-state index contributed by atoms with van der Waals surface area (Å²) in [6.07, 6.45) is 0. The second-order valence-electron chi connectivity index (χ2n) is 5.38. The molecule has 0 saturated carbocycles. The fourth-order valence-corrected chi connectivity index (χ4v) is 3.12. The Balaban J connectivity index is 1.67. The van der Waals surface area contributed by atoms with Crippen molar-refractivity contribution in [2.45, 2.75) is 24.2 Å². The number of carbonyl (C=O) groups is 1. The summed E-state index contributed by atoms with van der Waals surface area (Å²) in [6, 6.07) is 12.8. The molecule has 0 unspecified atom stereocenters. The number of halogens is 2. The van der Waals surface area contributed by atoms with Crippen molar-refractivity contribution in [1.29, 1.82) is 0 Å². The largest absolute Gasteiger partial charge is 0.435 e. The first-order valence-electron chi connectivity index (χ1n) is 7.88. The van der Waals surface area contributed by atoms with Gasteiger partial charge in [-0.1, -0.05) is 17.3 Å². The van der Waals surface area contributed by atoms with Crippen LogP contribution in [-0.4, -0.2) is 22.7 Å². The summed E-state index contributed by atoms with van der Waals surface area (Å²) >= 11 is 1.40. The second kappa shape index (κ2) is 8.63. The zero-order chi connectivity index (χ0) is 19.2. The number of anilines is 1. The van der Waals surface area contributed by atoms with Crippen LogP contribution in [0.2, 0.25) is 0 Å². The van der Waals surface area contributed by atoms with E-state index >= 15 is 0 Å². The van der Waals surface area contributed by atoms with Gasteiger partial charge in [-0.15, -0.1) is 11.8 Å². The molecule has 1 aromatic heterocycles. The topological polar surface area (TPSA) is 77.2 Å². The highest BCUT2D eigenvalue weighted by atomic mass is 32.2. The van der Waals surface area contributed by atoms with E-state index in [1.54, 1.807) is 19.1 Å². The Bertz CT molecular complexity index is 916. The number of carbonyl (C=O) groups excluding carboxylic acids is 1. The molecule has 27 heavy (non-hydrogen) atoms. The van der Waals surface area contributed by atoms with E-state index in [0.717, 1.165) is 4.90 Å². The number of ether oxygens (including phenoxy) is 1. The van der Waals surface area contributed by atoms with Crippen LogP contribution in [0.1, 0.15) is 22.1 Å². The van der Waals surface area contributed by atoms with Gasteiger partial charge in [-0.05, 0) is 43.3 Å². The van der Waals surface area contributed by atoms with Crippen LogP contribution in [0, 0.1) is 6.92 Å². The van der Waals surface area contributed by atoms with Gasteiger partial charge in [0, 0.05) is 10.6 Å². The molecule has 0 radical (unpaired) electrons. The average molecular weight is 391 g/mol. The molecule has 0 saturated heterocycles. The second-order valence-corrected chi connectivity index (χ2v) is 6.39. The number of hydrogen-bond donors (Lipinski definition) is 1. The number of nitrogens with zero attached hydrogens (tertiary/aromatic N) is 2. The highest BCUT2D eigenvalue weighted by Crippen LogP contribution is 2.27. The standard InChI is InChI=1S/C18H15F2N3O3S/c1-11-21-16(26-23-11)10-27-15-5-3-2-4-14(15)17(24)22-12-6-8-13(9-7-12)25-18(19)20/h2-9,18H,10H2,1H3,(H,22,24).